The zero-order chi connectivity index (χ0) is 18.9. The van der Waals surface area contributed by atoms with E-state index in [0.717, 1.165) is 5.57 Å². The Kier molecular flexibility index (Phi) is 5.03. The van der Waals surface area contributed by atoms with Gasteiger partial charge in [-0.25, -0.2) is 4.79 Å². The van der Waals surface area contributed by atoms with Gasteiger partial charge in [-0.15, -0.1) is 0 Å². The number of rotatable bonds is 2. The van der Waals surface area contributed by atoms with Crippen molar-refractivity contribution in [3.8, 4) is 11.8 Å². The van der Waals surface area contributed by atoms with Crippen LogP contribution in [0.1, 0.15) is 43.4 Å². The lowest BCUT2D eigenvalue weighted by molar-refractivity contribution is -0.136. The first kappa shape index (κ1) is 18.4. The molecule has 0 bridgehead atoms. The number of ether oxygens (including phenoxy) is 2. The van der Waals surface area contributed by atoms with E-state index in [9.17, 15) is 14.7 Å². The van der Waals surface area contributed by atoms with Gasteiger partial charge >= 0.3 is 5.97 Å². The molecule has 26 heavy (non-hydrogen) atoms. The Balaban J connectivity index is 2.11. The van der Waals surface area contributed by atoms with Gasteiger partial charge in [0.15, 0.2) is 0 Å². The van der Waals surface area contributed by atoms with E-state index in [1.54, 1.807) is 20.2 Å². The Labute approximate surface area is 152 Å². The van der Waals surface area contributed by atoms with Gasteiger partial charge in [0.05, 0.1) is 25.4 Å². The minimum absolute atomic E-state index is 0.144. The molecule has 2 aliphatic rings. The van der Waals surface area contributed by atoms with Crippen molar-refractivity contribution in [2.45, 2.75) is 38.7 Å². The molecule has 0 amide bonds. The van der Waals surface area contributed by atoms with Crippen molar-refractivity contribution in [3.05, 3.63) is 38.8 Å². The number of allylic oxidation sites excluding steroid dienone is 1. The number of aromatic nitrogens is 1. The van der Waals surface area contributed by atoms with Gasteiger partial charge in [0.1, 0.15) is 5.60 Å². The summed E-state index contributed by atoms with van der Waals surface area (Å²) in [6, 6.07) is 0. The van der Waals surface area contributed by atoms with E-state index in [2.05, 4.69) is 11.8 Å². The maximum absolute atomic E-state index is 12.5. The standard InChI is InChI=1S/C20H23NO5/c1-4-26-19(23)16-13(2)11-15-17(16)14(12-21(3)18(15)22)5-6-20(24)7-9-25-10-8-20/h12,24H,4,7-11H2,1-3H3. The second-order valence-corrected chi connectivity index (χ2v) is 6.76. The minimum atomic E-state index is -1.11. The number of hydrogen-bond acceptors (Lipinski definition) is 5. The van der Waals surface area contributed by atoms with E-state index in [1.165, 1.54) is 4.57 Å². The average molecular weight is 357 g/mol. The molecule has 0 radical (unpaired) electrons. The van der Waals surface area contributed by atoms with Crippen LogP contribution >= 0.6 is 0 Å². The number of carbonyl (C=O) groups excluding carboxylic acids is 1. The fourth-order valence-electron chi connectivity index (χ4n) is 3.41. The Morgan fingerprint density at radius 1 is 1.42 bits per heavy atom. The van der Waals surface area contributed by atoms with Gasteiger partial charge in [-0.1, -0.05) is 17.4 Å². The molecule has 0 spiro atoms. The van der Waals surface area contributed by atoms with Gasteiger partial charge in [-0.05, 0) is 13.8 Å². The molecule has 1 aliphatic carbocycles. The number of fused-ring (bicyclic) bond motifs is 1. The summed E-state index contributed by atoms with van der Waals surface area (Å²) in [6.45, 7) is 4.76. The van der Waals surface area contributed by atoms with Crippen molar-refractivity contribution in [3.63, 3.8) is 0 Å². The fraction of sp³-hybridized carbons (Fsp3) is 0.500. The number of pyridine rings is 1. The summed E-state index contributed by atoms with van der Waals surface area (Å²) in [5.74, 6) is 5.51. The first-order valence-electron chi connectivity index (χ1n) is 8.79. The molecule has 1 aliphatic heterocycles. The molecular weight excluding hydrogens is 334 g/mol. The van der Waals surface area contributed by atoms with E-state index >= 15 is 0 Å². The summed E-state index contributed by atoms with van der Waals surface area (Å²) in [5, 5.41) is 10.6. The maximum atomic E-state index is 12.5. The Bertz CT molecular complexity index is 891. The number of aliphatic hydroxyl groups is 1. The quantitative estimate of drug-likeness (QED) is 0.635. The number of nitrogens with zero attached hydrogens (tertiary/aromatic N) is 1. The van der Waals surface area contributed by atoms with E-state index in [1.807, 2.05) is 6.92 Å². The number of aryl methyl sites for hydroxylation is 1. The van der Waals surface area contributed by atoms with Crippen LogP contribution in [-0.2, 0) is 27.7 Å². The van der Waals surface area contributed by atoms with Crippen LogP contribution in [0, 0.1) is 11.8 Å². The normalized spacial score (nSPS) is 18.2. The number of esters is 1. The van der Waals surface area contributed by atoms with Crippen LogP contribution in [0.5, 0.6) is 0 Å². The highest BCUT2D eigenvalue weighted by Crippen LogP contribution is 2.34. The monoisotopic (exact) mass is 357 g/mol. The second kappa shape index (κ2) is 7.10. The van der Waals surface area contributed by atoms with Crippen LogP contribution < -0.4 is 5.56 Å². The molecule has 1 aromatic rings. The van der Waals surface area contributed by atoms with Crippen LogP contribution in [0.4, 0.5) is 0 Å². The first-order chi connectivity index (χ1) is 12.4. The molecular formula is C20H23NO5. The fourth-order valence-corrected chi connectivity index (χ4v) is 3.41. The summed E-state index contributed by atoms with van der Waals surface area (Å²) in [6.07, 6.45) is 2.90. The Hall–Kier alpha value is -2.36. The summed E-state index contributed by atoms with van der Waals surface area (Å²) >= 11 is 0. The molecule has 2 heterocycles. The molecule has 0 saturated carbocycles. The molecule has 1 fully saturated rings. The largest absolute Gasteiger partial charge is 0.462 e. The third-order valence-corrected chi connectivity index (χ3v) is 4.82. The second-order valence-electron chi connectivity index (χ2n) is 6.76. The molecule has 138 valence electrons. The first-order valence-corrected chi connectivity index (χ1v) is 8.79. The van der Waals surface area contributed by atoms with E-state index in [4.69, 9.17) is 9.47 Å². The molecule has 6 nitrogen and oxygen atoms in total. The summed E-state index contributed by atoms with van der Waals surface area (Å²) in [4.78, 5) is 25.0. The molecule has 0 atom stereocenters. The third kappa shape index (κ3) is 3.33. The van der Waals surface area contributed by atoms with Crippen molar-refractivity contribution in [2.75, 3.05) is 19.8 Å². The van der Waals surface area contributed by atoms with Gasteiger partial charge in [-0.3, -0.25) is 4.79 Å². The predicted molar refractivity (Wildman–Crippen MR) is 96.5 cm³/mol. The zero-order valence-corrected chi connectivity index (χ0v) is 15.3. The van der Waals surface area contributed by atoms with E-state index in [-0.39, 0.29) is 12.2 Å². The molecule has 1 saturated heterocycles. The van der Waals surface area contributed by atoms with Crippen LogP contribution in [0.3, 0.4) is 0 Å². The maximum Gasteiger partial charge on any atom is 0.338 e. The Morgan fingerprint density at radius 2 is 2.12 bits per heavy atom. The predicted octanol–water partition coefficient (Wildman–Crippen LogP) is 1.17. The average Bonchev–Trinajstić information content (AvgIpc) is 2.95. The van der Waals surface area contributed by atoms with Crippen molar-refractivity contribution < 1.29 is 19.4 Å². The van der Waals surface area contributed by atoms with E-state index in [0.29, 0.717) is 54.7 Å². The SMILES string of the molecule is CCOC(=O)C1=C(C)Cc2c1c(C#CC1(O)CCOCC1)cn(C)c2=O. The summed E-state index contributed by atoms with van der Waals surface area (Å²) in [7, 11) is 1.66. The van der Waals surface area contributed by atoms with Crippen molar-refractivity contribution in [2.24, 2.45) is 7.05 Å². The highest BCUT2D eigenvalue weighted by atomic mass is 16.5. The van der Waals surface area contributed by atoms with Gasteiger partial charge in [0.25, 0.3) is 5.56 Å². The van der Waals surface area contributed by atoms with Crippen molar-refractivity contribution >= 4 is 11.5 Å². The van der Waals surface area contributed by atoms with Gasteiger partial charge < -0.3 is 19.1 Å². The van der Waals surface area contributed by atoms with Crippen molar-refractivity contribution in [1.82, 2.24) is 4.57 Å². The zero-order valence-electron chi connectivity index (χ0n) is 15.3. The highest BCUT2D eigenvalue weighted by Gasteiger charge is 2.31. The third-order valence-electron chi connectivity index (χ3n) is 4.82. The number of hydrogen-bond donors (Lipinski definition) is 1. The van der Waals surface area contributed by atoms with Crippen LogP contribution in [-0.4, -0.2) is 41.1 Å². The molecule has 0 aromatic carbocycles. The lowest BCUT2D eigenvalue weighted by Gasteiger charge is -2.26. The van der Waals surface area contributed by atoms with E-state index < -0.39 is 11.6 Å². The van der Waals surface area contributed by atoms with Gasteiger partial charge in [0, 0.05) is 49.2 Å². The molecule has 1 aromatic heterocycles. The van der Waals surface area contributed by atoms with Crippen LogP contribution in [0.25, 0.3) is 5.57 Å². The lowest BCUT2D eigenvalue weighted by Crippen LogP contribution is -2.34. The topological polar surface area (TPSA) is 77.8 Å². The summed E-state index contributed by atoms with van der Waals surface area (Å²) < 4.78 is 11.9. The molecule has 6 heteroatoms. The van der Waals surface area contributed by atoms with Gasteiger partial charge in [-0.2, -0.15) is 0 Å². The van der Waals surface area contributed by atoms with Crippen LogP contribution in [0.2, 0.25) is 0 Å². The minimum Gasteiger partial charge on any atom is -0.462 e. The summed E-state index contributed by atoms with van der Waals surface area (Å²) in [5.41, 5.74) is 1.63. The number of carbonyl (C=O) groups is 1. The smallest absolute Gasteiger partial charge is 0.338 e. The molecule has 0 unspecified atom stereocenters. The molecule has 1 N–H and O–H groups in total. The lowest BCUT2D eigenvalue weighted by atomic mass is 9.94. The van der Waals surface area contributed by atoms with Gasteiger partial charge in [0.2, 0.25) is 0 Å². The van der Waals surface area contributed by atoms with Crippen molar-refractivity contribution in [1.29, 1.82) is 0 Å². The highest BCUT2D eigenvalue weighted by molar-refractivity contribution is 6.19. The Morgan fingerprint density at radius 3 is 2.77 bits per heavy atom. The molecule has 3 rings (SSSR count). The van der Waals surface area contributed by atoms with Crippen LogP contribution in [0.15, 0.2) is 16.6 Å².